The lowest BCUT2D eigenvalue weighted by Crippen LogP contribution is -2.80. The molecule has 3 fully saturated rings. The second-order valence-corrected chi connectivity index (χ2v) is 14.0. The van der Waals surface area contributed by atoms with Gasteiger partial charge in [0, 0.05) is 59.1 Å². The summed E-state index contributed by atoms with van der Waals surface area (Å²) in [5.41, 5.74) is -6.46. The Balaban J connectivity index is 1.79. The van der Waals surface area contributed by atoms with Crippen LogP contribution in [0.3, 0.4) is 0 Å². The van der Waals surface area contributed by atoms with Gasteiger partial charge in [-0.25, -0.2) is 9.59 Å². The van der Waals surface area contributed by atoms with Gasteiger partial charge in [0.25, 0.3) is 0 Å². The van der Waals surface area contributed by atoms with Crippen LogP contribution < -0.4 is 0 Å². The molecule has 0 spiro atoms. The second kappa shape index (κ2) is 10.7. The Labute approximate surface area is 262 Å². The highest BCUT2D eigenvalue weighted by atomic mass is 16.6. The maximum atomic E-state index is 15.1. The third kappa shape index (κ3) is 4.52. The van der Waals surface area contributed by atoms with Crippen LogP contribution in [-0.2, 0) is 42.9 Å². The number of Topliss-reactive ketones (excluding diaryl/α,β-unsaturated/α-hetero) is 1. The quantitative estimate of drug-likeness (QED) is 0.272. The molecule has 1 aromatic rings. The number of ketones is 1. The second-order valence-electron chi connectivity index (χ2n) is 14.0. The van der Waals surface area contributed by atoms with E-state index < -0.39 is 87.6 Å². The van der Waals surface area contributed by atoms with Crippen molar-refractivity contribution in [3.8, 4) is 0 Å². The third-order valence-electron chi connectivity index (χ3n) is 11.3. The fourth-order valence-electron chi connectivity index (χ4n) is 9.28. The molecule has 0 unspecified atom stereocenters. The SMILES string of the molecule is C/C=C(/C)C(=O)O[C@H]1C(C)(C)[C@H](CC(=O)OC)[C@]2(C)C(=O)[C@@]1(OC(C)=O)C[C@@]1(O)C3=CC(=O)O[C@@H](c4ccoc4)[C@]3(C)CC[C@H]21. The molecule has 2 heterocycles. The first-order valence-corrected chi connectivity index (χ1v) is 15.3. The first-order chi connectivity index (χ1) is 20.9. The fraction of sp³-hybridized carbons (Fsp3) is 0.618. The van der Waals surface area contributed by atoms with E-state index in [2.05, 4.69) is 0 Å². The minimum atomic E-state index is -2.16. The summed E-state index contributed by atoms with van der Waals surface area (Å²) in [5, 5.41) is 13.1. The van der Waals surface area contributed by atoms with Crippen molar-refractivity contribution in [2.45, 2.75) is 97.6 Å². The predicted octanol–water partition coefficient (Wildman–Crippen LogP) is 4.33. The van der Waals surface area contributed by atoms with Gasteiger partial charge in [0.2, 0.25) is 5.60 Å². The van der Waals surface area contributed by atoms with E-state index in [4.69, 9.17) is 23.4 Å². The molecule has 0 radical (unpaired) electrons. The van der Waals surface area contributed by atoms with Gasteiger partial charge in [0.1, 0.15) is 6.10 Å². The van der Waals surface area contributed by atoms with Crippen LogP contribution in [0.1, 0.15) is 85.8 Å². The average Bonchev–Trinajstić information content (AvgIpc) is 3.50. The van der Waals surface area contributed by atoms with Crippen LogP contribution in [0.25, 0.3) is 0 Å². The normalized spacial score (nSPS) is 38.6. The van der Waals surface area contributed by atoms with Crippen molar-refractivity contribution in [1.29, 1.82) is 0 Å². The van der Waals surface area contributed by atoms with Crippen molar-refractivity contribution < 1.29 is 52.4 Å². The first kappa shape index (κ1) is 32.7. The number of aliphatic hydroxyl groups is 1. The highest BCUT2D eigenvalue weighted by Gasteiger charge is 2.80. The van der Waals surface area contributed by atoms with E-state index in [1.807, 2.05) is 6.92 Å². The van der Waals surface area contributed by atoms with Crippen molar-refractivity contribution >= 4 is 29.7 Å². The molecular formula is C34H42O11. The third-order valence-corrected chi connectivity index (χ3v) is 11.3. The average molecular weight is 627 g/mol. The smallest absolute Gasteiger partial charge is 0.333 e. The summed E-state index contributed by atoms with van der Waals surface area (Å²) in [6.07, 6.45) is 3.58. The largest absolute Gasteiger partial charge is 0.472 e. The Bertz CT molecular complexity index is 1500. The number of allylic oxidation sites excluding steroid dienone is 1. The summed E-state index contributed by atoms with van der Waals surface area (Å²) in [7, 11) is 1.25. The molecule has 11 nitrogen and oxygen atoms in total. The Hall–Kier alpha value is -3.73. The zero-order chi connectivity index (χ0) is 33.3. The maximum absolute atomic E-state index is 15.1. The number of furan rings is 1. The lowest BCUT2D eigenvalue weighted by Gasteiger charge is -2.70. The monoisotopic (exact) mass is 626 g/mol. The van der Waals surface area contributed by atoms with Crippen LogP contribution in [-0.4, -0.2) is 59.2 Å². The zero-order valence-electron chi connectivity index (χ0n) is 27.1. The van der Waals surface area contributed by atoms with Crippen molar-refractivity contribution in [2.24, 2.45) is 28.1 Å². The molecule has 11 heteroatoms. The Morgan fingerprint density at radius 2 is 1.82 bits per heavy atom. The molecule has 1 N–H and O–H groups in total. The van der Waals surface area contributed by atoms with Gasteiger partial charge in [-0.15, -0.1) is 0 Å². The molecular weight excluding hydrogens is 584 g/mol. The fourth-order valence-corrected chi connectivity index (χ4v) is 9.28. The molecule has 2 bridgehead atoms. The highest BCUT2D eigenvalue weighted by Crippen LogP contribution is 2.72. The number of hydrogen-bond donors (Lipinski definition) is 1. The van der Waals surface area contributed by atoms with Crippen LogP contribution >= 0.6 is 0 Å². The van der Waals surface area contributed by atoms with Gasteiger partial charge in [0.15, 0.2) is 11.9 Å². The van der Waals surface area contributed by atoms with E-state index in [9.17, 15) is 24.3 Å². The Morgan fingerprint density at radius 1 is 1.13 bits per heavy atom. The molecule has 45 heavy (non-hydrogen) atoms. The number of carbonyl (C=O) groups is 5. The van der Waals surface area contributed by atoms with Gasteiger partial charge in [-0.1, -0.05) is 33.8 Å². The minimum Gasteiger partial charge on any atom is -0.472 e. The van der Waals surface area contributed by atoms with Crippen LogP contribution in [0.4, 0.5) is 0 Å². The molecule has 244 valence electrons. The van der Waals surface area contributed by atoms with Crippen molar-refractivity contribution in [3.63, 3.8) is 0 Å². The van der Waals surface area contributed by atoms with Gasteiger partial charge >= 0.3 is 23.9 Å². The molecule has 8 atom stereocenters. The Kier molecular flexibility index (Phi) is 7.75. The molecule has 5 rings (SSSR count). The number of methoxy groups -OCH3 is 1. The predicted molar refractivity (Wildman–Crippen MR) is 157 cm³/mol. The molecule has 1 aromatic heterocycles. The summed E-state index contributed by atoms with van der Waals surface area (Å²) in [5.74, 6) is -5.01. The first-order valence-electron chi connectivity index (χ1n) is 15.3. The Morgan fingerprint density at radius 3 is 2.40 bits per heavy atom. The van der Waals surface area contributed by atoms with Crippen LogP contribution in [0, 0.1) is 28.1 Å². The summed E-state index contributed by atoms with van der Waals surface area (Å²) in [6.45, 7) is 11.5. The molecule has 3 saturated carbocycles. The van der Waals surface area contributed by atoms with Crippen LogP contribution in [0.15, 0.2) is 46.3 Å². The van der Waals surface area contributed by atoms with Crippen molar-refractivity contribution in [2.75, 3.05) is 7.11 Å². The number of carbonyl (C=O) groups excluding carboxylic acids is 5. The lowest BCUT2D eigenvalue weighted by atomic mass is 9.36. The highest BCUT2D eigenvalue weighted by molar-refractivity contribution is 5.99. The summed E-state index contributed by atoms with van der Waals surface area (Å²) in [4.78, 5) is 67.5. The number of esters is 4. The van der Waals surface area contributed by atoms with Crippen molar-refractivity contribution in [3.05, 3.63) is 47.5 Å². The molecule has 0 amide bonds. The van der Waals surface area contributed by atoms with E-state index in [1.165, 1.54) is 25.7 Å². The topological polar surface area (TPSA) is 156 Å². The van der Waals surface area contributed by atoms with Gasteiger partial charge < -0.3 is 28.5 Å². The van der Waals surface area contributed by atoms with E-state index in [0.717, 1.165) is 6.92 Å². The number of cyclic esters (lactones) is 1. The lowest BCUT2D eigenvalue weighted by molar-refractivity contribution is -0.278. The number of ether oxygens (including phenoxy) is 4. The van der Waals surface area contributed by atoms with E-state index in [1.54, 1.807) is 46.8 Å². The molecule has 4 aliphatic rings. The van der Waals surface area contributed by atoms with E-state index in [-0.39, 0.29) is 12.0 Å². The number of rotatable bonds is 6. The van der Waals surface area contributed by atoms with Crippen LogP contribution in [0.5, 0.6) is 0 Å². The van der Waals surface area contributed by atoms with Gasteiger partial charge in [0.05, 0.1) is 25.2 Å². The van der Waals surface area contributed by atoms with Crippen molar-refractivity contribution in [1.82, 2.24) is 0 Å². The summed E-state index contributed by atoms with van der Waals surface area (Å²) < 4.78 is 28.3. The van der Waals surface area contributed by atoms with E-state index >= 15 is 4.79 Å². The van der Waals surface area contributed by atoms with Gasteiger partial charge in [-0.2, -0.15) is 0 Å². The zero-order valence-corrected chi connectivity index (χ0v) is 27.1. The standard InChI is InChI=1S/C34H42O11/c1-9-18(2)27(38)44-29-30(4,5)22(14-24(36)41-8)32(7)21-10-12-31(6)23(15-25(37)43-26(31)20-11-13-42-16-20)33(21,40)17-34(29,28(32)39)45-19(3)35/h9,11,13,15-16,21-22,26,29,40H,10,12,14,17H2,1-8H3/b18-9-/t21-,22+,26+,29+,31-,32-,33+,34+/m1/s1. The molecule has 1 aliphatic heterocycles. The van der Waals surface area contributed by atoms with Gasteiger partial charge in [-0.3, -0.25) is 14.4 Å². The van der Waals surface area contributed by atoms with Crippen LogP contribution in [0.2, 0.25) is 0 Å². The summed E-state index contributed by atoms with van der Waals surface area (Å²) >= 11 is 0. The van der Waals surface area contributed by atoms with Gasteiger partial charge in [-0.05, 0) is 44.2 Å². The molecule has 0 aromatic carbocycles. The molecule has 3 aliphatic carbocycles. The summed E-state index contributed by atoms with van der Waals surface area (Å²) in [6, 6.07) is 1.69. The maximum Gasteiger partial charge on any atom is 0.333 e. The number of fused-ring (bicyclic) bond motifs is 6. The number of hydrogen-bond acceptors (Lipinski definition) is 11. The molecule has 0 saturated heterocycles. The van der Waals surface area contributed by atoms with E-state index in [0.29, 0.717) is 24.0 Å². The minimum absolute atomic E-state index is 0.235.